The molecule has 7 nitrogen and oxygen atoms in total. The number of allylic oxidation sites excluding steroid dienone is 2. The minimum absolute atomic E-state index is 0.363. The molecule has 2 aliphatic rings. The molecule has 0 fully saturated rings. The number of carbonyl (C=O) groups is 3. The number of aliphatic imine (C=N–C) groups is 1. The second kappa shape index (κ2) is 9.63. The highest BCUT2D eigenvalue weighted by Crippen LogP contribution is 2.49. The van der Waals surface area contributed by atoms with E-state index in [-0.39, 0.29) is 5.78 Å². The van der Waals surface area contributed by atoms with Crippen molar-refractivity contribution in [2.24, 2.45) is 16.8 Å². The topological polar surface area (TPSA) is 91.3 Å². The van der Waals surface area contributed by atoms with Crippen LogP contribution in [0.25, 0.3) is 0 Å². The van der Waals surface area contributed by atoms with E-state index in [2.05, 4.69) is 0 Å². The van der Waals surface area contributed by atoms with Gasteiger partial charge in [0.2, 0.25) is 0 Å². The molecule has 4 rings (SSSR count). The van der Waals surface area contributed by atoms with Crippen LogP contribution in [0.3, 0.4) is 0 Å². The molecule has 1 unspecified atom stereocenters. The van der Waals surface area contributed by atoms with Gasteiger partial charge >= 0.3 is 11.9 Å². The van der Waals surface area contributed by atoms with Crippen LogP contribution >= 0.6 is 0 Å². The van der Waals surface area contributed by atoms with E-state index in [1.54, 1.807) is 26.2 Å². The SMILES string of the molecule is COC(=O)C1C(C)=NC2=C(C(=O)[C@@H](C(=O)OC)[C@H](c3ccc(OC)cc3)C2)[C@@H]1c1ccccc1. The highest BCUT2D eigenvalue weighted by atomic mass is 16.5. The largest absolute Gasteiger partial charge is 0.497 e. The van der Waals surface area contributed by atoms with Crippen molar-refractivity contribution in [1.29, 1.82) is 0 Å². The number of Topliss-reactive ketones (excluding diaryl/α,β-unsaturated/α-hetero) is 1. The molecule has 0 radical (unpaired) electrons. The van der Waals surface area contributed by atoms with E-state index < -0.39 is 35.6 Å². The third-order valence-corrected chi connectivity index (χ3v) is 6.69. The van der Waals surface area contributed by atoms with E-state index in [0.29, 0.717) is 29.2 Å². The van der Waals surface area contributed by atoms with Crippen LogP contribution in [0.15, 0.2) is 70.9 Å². The summed E-state index contributed by atoms with van der Waals surface area (Å²) in [6.07, 6.45) is 0.363. The molecule has 1 aliphatic carbocycles. The van der Waals surface area contributed by atoms with Crippen LogP contribution in [0.2, 0.25) is 0 Å². The molecule has 0 bridgehead atoms. The van der Waals surface area contributed by atoms with Crippen molar-refractivity contribution in [2.75, 3.05) is 21.3 Å². The summed E-state index contributed by atoms with van der Waals surface area (Å²) in [4.78, 5) is 44.5. The first kappa shape index (κ1) is 23.4. The molecular weight excluding hydrogens is 434 g/mol. The Morgan fingerprint density at radius 1 is 0.853 bits per heavy atom. The van der Waals surface area contributed by atoms with Crippen LogP contribution in [-0.4, -0.2) is 44.8 Å². The average molecular weight is 462 g/mol. The lowest BCUT2D eigenvalue weighted by Gasteiger charge is -2.39. The number of hydrogen-bond acceptors (Lipinski definition) is 7. The summed E-state index contributed by atoms with van der Waals surface area (Å²) < 4.78 is 15.4. The predicted molar refractivity (Wildman–Crippen MR) is 126 cm³/mol. The van der Waals surface area contributed by atoms with Crippen LogP contribution in [-0.2, 0) is 23.9 Å². The Labute approximate surface area is 198 Å². The Morgan fingerprint density at radius 2 is 1.47 bits per heavy atom. The van der Waals surface area contributed by atoms with Crippen molar-refractivity contribution in [1.82, 2.24) is 0 Å². The second-order valence-electron chi connectivity index (χ2n) is 8.45. The average Bonchev–Trinajstić information content (AvgIpc) is 2.87. The maximum atomic E-state index is 14.0. The molecule has 0 aromatic heterocycles. The van der Waals surface area contributed by atoms with Gasteiger partial charge in [-0.15, -0.1) is 0 Å². The quantitative estimate of drug-likeness (QED) is 0.496. The van der Waals surface area contributed by atoms with Gasteiger partial charge < -0.3 is 14.2 Å². The van der Waals surface area contributed by atoms with Crippen LogP contribution < -0.4 is 4.74 Å². The Hall–Kier alpha value is -3.74. The summed E-state index contributed by atoms with van der Waals surface area (Å²) in [5, 5.41) is 0. The zero-order valence-electron chi connectivity index (χ0n) is 19.6. The molecular formula is C27H27NO6. The maximum absolute atomic E-state index is 14.0. The molecule has 176 valence electrons. The number of hydrogen-bond donors (Lipinski definition) is 0. The van der Waals surface area contributed by atoms with Crippen LogP contribution in [0, 0.1) is 11.8 Å². The predicted octanol–water partition coefficient (Wildman–Crippen LogP) is 3.84. The molecule has 4 atom stereocenters. The number of carbonyl (C=O) groups excluding carboxylic acids is 3. The minimum atomic E-state index is -1.05. The Bertz CT molecular complexity index is 1170. The zero-order valence-corrected chi connectivity index (χ0v) is 19.6. The van der Waals surface area contributed by atoms with Gasteiger partial charge in [0.15, 0.2) is 5.78 Å². The van der Waals surface area contributed by atoms with Gasteiger partial charge in [-0.05, 0) is 36.6 Å². The van der Waals surface area contributed by atoms with Crippen LogP contribution in [0.4, 0.5) is 0 Å². The highest BCUT2D eigenvalue weighted by Gasteiger charge is 2.50. The van der Waals surface area contributed by atoms with Gasteiger partial charge in [-0.1, -0.05) is 42.5 Å². The van der Waals surface area contributed by atoms with Gasteiger partial charge in [0, 0.05) is 28.8 Å². The second-order valence-corrected chi connectivity index (χ2v) is 8.45. The molecule has 2 aromatic carbocycles. The van der Waals surface area contributed by atoms with Crippen molar-refractivity contribution < 1.29 is 28.6 Å². The van der Waals surface area contributed by atoms with Gasteiger partial charge in [-0.2, -0.15) is 0 Å². The number of nitrogens with zero attached hydrogens (tertiary/aromatic N) is 1. The molecule has 1 heterocycles. The molecule has 0 amide bonds. The first-order valence-corrected chi connectivity index (χ1v) is 11.1. The summed E-state index contributed by atoms with van der Waals surface area (Å²) in [5.74, 6) is -3.62. The standard InChI is InChI=1S/C27H27NO6/c1-15-21(26(30)33-3)22(17-8-6-5-7-9-17)24-20(28-15)14-19(23(25(24)29)27(31)34-4)16-10-12-18(32-2)13-11-16/h5-13,19,21-23H,14H2,1-4H3/t19-,21?,22+,23-/m0/s1. The van der Waals surface area contributed by atoms with Crippen LogP contribution in [0.1, 0.15) is 36.3 Å². The van der Waals surface area contributed by atoms with Crippen molar-refractivity contribution in [3.63, 3.8) is 0 Å². The fourth-order valence-electron chi connectivity index (χ4n) is 5.07. The monoisotopic (exact) mass is 461 g/mol. The van der Waals surface area contributed by atoms with Crippen molar-refractivity contribution >= 4 is 23.4 Å². The summed E-state index contributed by atoms with van der Waals surface area (Å²) in [5.41, 5.74) is 3.16. The molecule has 2 aromatic rings. The van der Waals surface area contributed by atoms with Gasteiger partial charge in [0.05, 0.1) is 21.3 Å². The summed E-state index contributed by atoms with van der Waals surface area (Å²) in [7, 11) is 4.18. The molecule has 0 saturated carbocycles. The maximum Gasteiger partial charge on any atom is 0.317 e. The number of methoxy groups -OCH3 is 3. The van der Waals surface area contributed by atoms with E-state index in [0.717, 1.165) is 11.1 Å². The molecule has 1 aliphatic heterocycles. The fourth-order valence-corrected chi connectivity index (χ4v) is 5.07. The summed E-state index contributed by atoms with van der Waals surface area (Å²) in [6.45, 7) is 1.78. The molecule has 0 spiro atoms. The normalized spacial score (nSPS) is 24.1. The highest BCUT2D eigenvalue weighted by molar-refractivity contribution is 6.14. The van der Waals surface area contributed by atoms with E-state index in [1.165, 1.54) is 14.2 Å². The van der Waals surface area contributed by atoms with E-state index >= 15 is 0 Å². The summed E-state index contributed by atoms with van der Waals surface area (Å²) in [6, 6.07) is 16.6. The van der Waals surface area contributed by atoms with E-state index in [9.17, 15) is 14.4 Å². The van der Waals surface area contributed by atoms with E-state index in [4.69, 9.17) is 19.2 Å². The summed E-state index contributed by atoms with van der Waals surface area (Å²) >= 11 is 0. The van der Waals surface area contributed by atoms with Gasteiger partial charge in [0.1, 0.15) is 17.6 Å². The Balaban J connectivity index is 1.88. The Kier molecular flexibility index (Phi) is 6.63. The lowest BCUT2D eigenvalue weighted by molar-refractivity contribution is -0.150. The lowest BCUT2D eigenvalue weighted by atomic mass is 9.65. The number of ether oxygens (including phenoxy) is 3. The smallest absolute Gasteiger partial charge is 0.317 e. The molecule has 0 N–H and O–H groups in total. The lowest BCUT2D eigenvalue weighted by Crippen LogP contribution is -2.43. The van der Waals surface area contributed by atoms with Crippen molar-refractivity contribution in [2.45, 2.75) is 25.2 Å². The van der Waals surface area contributed by atoms with Gasteiger partial charge in [0.25, 0.3) is 0 Å². The zero-order chi connectivity index (χ0) is 24.4. The fraction of sp³-hybridized carbons (Fsp3) is 0.333. The van der Waals surface area contributed by atoms with Gasteiger partial charge in [-0.25, -0.2) is 0 Å². The first-order valence-electron chi connectivity index (χ1n) is 11.1. The molecule has 0 saturated heterocycles. The number of esters is 2. The number of rotatable bonds is 5. The third-order valence-electron chi connectivity index (χ3n) is 6.69. The number of ketones is 1. The van der Waals surface area contributed by atoms with Gasteiger partial charge in [-0.3, -0.25) is 19.4 Å². The first-order chi connectivity index (χ1) is 16.4. The van der Waals surface area contributed by atoms with Crippen molar-refractivity contribution in [3.05, 3.63) is 77.0 Å². The molecule has 34 heavy (non-hydrogen) atoms. The minimum Gasteiger partial charge on any atom is -0.497 e. The Morgan fingerprint density at radius 3 is 2.06 bits per heavy atom. The van der Waals surface area contributed by atoms with E-state index in [1.807, 2.05) is 42.5 Å². The third kappa shape index (κ3) is 4.02. The molecule has 7 heteroatoms. The number of benzene rings is 2. The van der Waals surface area contributed by atoms with Crippen molar-refractivity contribution in [3.8, 4) is 5.75 Å². The van der Waals surface area contributed by atoms with Crippen LogP contribution in [0.5, 0.6) is 5.75 Å².